The molecule has 2 rings (SSSR count). The van der Waals surface area contributed by atoms with E-state index in [1.807, 2.05) is 35.2 Å². The van der Waals surface area contributed by atoms with Crippen molar-refractivity contribution >= 4 is 5.91 Å². The van der Waals surface area contributed by atoms with Gasteiger partial charge in [-0.3, -0.25) is 4.79 Å². The molecule has 1 amide bonds. The SMILES string of the molecule is CCCNC1CCN(C(=O)Cc2ccccc2)CC1C. The van der Waals surface area contributed by atoms with Crippen LogP contribution in [0.25, 0.3) is 0 Å². The minimum atomic E-state index is 0.261. The van der Waals surface area contributed by atoms with Gasteiger partial charge in [-0.15, -0.1) is 0 Å². The molecule has 2 unspecified atom stereocenters. The van der Waals surface area contributed by atoms with Crippen molar-refractivity contribution in [2.45, 2.75) is 39.2 Å². The number of nitrogens with zero attached hydrogens (tertiary/aromatic N) is 1. The lowest BCUT2D eigenvalue weighted by molar-refractivity contribution is -0.132. The minimum absolute atomic E-state index is 0.261. The van der Waals surface area contributed by atoms with Crippen LogP contribution in [0.4, 0.5) is 0 Å². The first-order chi connectivity index (χ1) is 9.70. The predicted molar refractivity (Wildman–Crippen MR) is 82.6 cm³/mol. The number of benzene rings is 1. The average Bonchev–Trinajstić information content (AvgIpc) is 2.47. The Balaban J connectivity index is 1.84. The van der Waals surface area contributed by atoms with E-state index in [1.54, 1.807) is 0 Å². The minimum Gasteiger partial charge on any atom is -0.342 e. The zero-order valence-corrected chi connectivity index (χ0v) is 12.6. The summed E-state index contributed by atoms with van der Waals surface area (Å²) in [4.78, 5) is 14.4. The van der Waals surface area contributed by atoms with Crippen LogP contribution in [0.1, 0.15) is 32.3 Å². The Labute approximate surface area is 122 Å². The van der Waals surface area contributed by atoms with Crippen molar-refractivity contribution < 1.29 is 4.79 Å². The quantitative estimate of drug-likeness (QED) is 0.894. The molecule has 0 saturated carbocycles. The molecule has 1 heterocycles. The van der Waals surface area contributed by atoms with Gasteiger partial charge in [-0.05, 0) is 30.9 Å². The standard InChI is InChI=1S/C17H26N2O/c1-3-10-18-16-9-11-19(13-14(16)2)17(20)12-15-7-5-4-6-8-15/h4-8,14,16,18H,3,9-13H2,1-2H3. The number of amides is 1. The predicted octanol–water partition coefficient (Wildman–Crippen LogP) is 2.47. The molecule has 1 aliphatic rings. The lowest BCUT2D eigenvalue weighted by Crippen LogP contribution is -2.50. The van der Waals surface area contributed by atoms with Gasteiger partial charge >= 0.3 is 0 Å². The lowest BCUT2D eigenvalue weighted by Gasteiger charge is -2.37. The molecule has 1 aliphatic heterocycles. The van der Waals surface area contributed by atoms with Crippen LogP contribution in [0.15, 0.2) is 30.3 Å². The maximum Gasteiger partial charge on any atom is 0.227 e. The molecule has 110 valence electrons. The van der Waals surface area contributed by atoms with Crippen LogP contribution < -0.4 is 5.32 Å². The summed E-state index contributed by atoms with van der Waals surface area (Å²) < 4.78 is 0. The van der Waals surface area contributed by atoms with E-state index in [2.05, 4.69) is 19.2 Å². The number of nitrogens with one attached hydrogen (secondary N) is 1. The maximum absolute atomic E-state index is 12.3. The van der Waals surface area contributed by atoms with Crippen molar-refractivity contribution in [3.8, 4) is 0 Å². The van der Waals surface area contributed by atoms with Crippen LogP contribution in [-0.2, 0) is 11.2 Å². The third kappa shape index (κ3) is 4.07. The van der Waals surface area contributed by atoms with Gasteiger partial charge in [-0.25, -0.2) is 0 Å². The zero-order valence-electron chi connectivity index (χ0n) is 12.6. The summed E-state index contributed by atoms with van der Waals surface area (Å²) >= 11 is 0. The number of rotatable bonds is 5. The third-order valence-electron chi connectivity index (χ3n) is 4.11. The van der Waals surface area contributed by atoms with Gasteiger partial charge in [0, 0.05) is 19.1 Å². The van der Waals surface area contributed by atoms with Crippen LogP contribution in [0, 0.1) is 5.92 Å². The summed E-state index contributed by atoms with van der Waals surface area (Å²) in [5, 5.41) is 3.59. The maximum atomic E-state index is 12.3. The summed E-state index contributed by atoms with van der Waals surface area (Å²) in [6.45, 7) is 7.28. The van der Waals surface area contributed by atoms with E-state index < -0.39 is 0 Å². The van der Waals surface area contributed by atoms with E-state index in [9.17, 15) is 4.79 Å². The van der Waals surface area contributed by atoms with Crippen molar-refractivity contribution in [2.75, 3.05) is 19.6 Å². The van der Waals surface area contributed by atoms with Crippen LogP contribution in [0.3, 0.4) is 0 Å². The summed E-state index contributed by atoms with van der Waals surface area (Å²) in [5.74, 6) is 0.798. The van der Waals surface area contributed by atoms with Gasteiger partial charge in [0.25, 0.3) is 0 Å². The third-order valence-corrected chi connectivity index (χ3v) is 4.11. The molecule has 0 spiro atoms. The number of likely N-dealkylation sites (tertiary alicyclic amines) is 1. The van der Waals surface area contributed by atoms with Gasteiger partial charge in [0.05, 0.1) is 6.42 Å². The molecule has 1 aromatic rings. The Hall–Kier alpha value is -1.35. The van der Waals surface area contributed by atoms with E-state index in [0.717, 1.165) is 31.6 Å². The van der Waals surface area contributed by atoms with E-state index in [0.29, 0.717) is 18.4 Å². The van der Waals surface area contributed by atoms with Crippen LogP contribution in [0.2, 0.25) is 0 Å². The zero-order chi connectivity index (χ0) is 14.4. The van der Waals surface area contributed by atoms with Crippen LogP contribution in [0.5, 0.6) is 0 Å². The lowest BCUT2D eigenvalue weighted by atomic mass is 9.93. The van der Waals surface area contributed by atoms with Crippen molar-refractivity contribution in [3.63, 3.8) is 0 Å². The number of carbonyl (C=O) groups is 1. The Bertz CT molecular complexity index is 418. The van der Waals surface area contributed by atoms with Gasteiger partial charge in [0.15, 0.2) is 0 Å². The van der Waals surface area contributed by atoms with Crippen molar-refractivity contribution in [3.05, 3.63) is 35.9 Å². The first-order valence-corrected chi connectivity index (χ1v) is 7.75. The fourth-order valence-corrected chi connectivity index (χ4v) is 2.89. The molecule has 0 aliphatic carbocycles. The molecular formula is C17H26N2O. The molecule has 20 heavy (non-hydrogen) atoms. The number of piperidine rings is 1. The first-order valence-electron chi connectivity index (χ1n) is 7.75. The Morgan fingerprint density at radius 1 is 1.35 bits per heavy atom. The van der Waals surface area contributed by atoms with Gasteiger partial charge in [0.1, 0.15) is 0 Å². The first kappa shape index (κ1) is 15.0. The van der Waals surface area contributed by atoms with Gasteiger partial charge in [-0.1, -0.05) is 44.2 Å². The average molecular weight is 274 g/mol. The van der Waals surface area contributed by atoms with E-state index in [1.165, 1.54) is 6.42 Å². The second-order valence-electron chi connectivity index (χ2n) is 5.83. The largest absolute Gasteiger partial charge is 0.342 e. The van der Waals surface area contributed by atoms with E-state index in [4.69, 9.17) is 0 Å². The Kier molecular flexibility index (Phi) is 5.60. The van der Waals surface area contributed by atoms with Crippen LogP contribution in [-0.4, -0.2) is 36.5 Å². The number of carbonyl (C=O) groups excluding carboxylic acids is 1. The highest BCUT2D eigenvalue weighted by Gasteiger charge is 2.27. The molecule has 1 saturated heterocycles. The van der Waals surface area contributed by atoms with Gasteiger partial charge in [0.2, 0.25) is 5.91 Å². The van der Waals surface area contributed by atoms with Crippen molar-refractivity contribution in [1.29, 1.82) is 0 Å². The number of hydrogen-bond acceptors (Lipinski definition) is 2. The number of hydrogen-bond donors (Lipinski definition) is 1. The highest BCUT2D eigenvalue weighted by molar-refractivity contribution is 5.78. The molecule has 1 aromatic carbocycles. The van der Waals surface area contributed by atoms with E-state index in [-0.39, 0.29) is 5.91 Å². The fraction of sp³-hybridized carbons (Fsp3) is 0.588. The molecular weight excluding hydrogens is 248 g/mol. The molecule has 2 atom stereocenters. The summed E-state index contributed by atoms with van der Waals surface area (Å²) in [5.41, 5.74) is 1.11. The Morgan fingerprint density at radius 2 is 2.10 bits per heavy atom. The van der Waals surface area contributed by atoms with Gasteiger partial charge < -0.3 is 10.2 Å². The molecule has 0 bridgehead atoms. The summed E-state index contributed by atoms with van der Waals surface area (Å²) in [6, 6.07) is 10.6. The molecule has 1 fully saturated rings. The van der Waals surface area contributed by atoms with E-state index >= 15 is 0 Å². The topological polar surface area (TPSA) is 32.3 Å². The molecule has 1 N–H and O–H groups in total. The molecule has 3 heteroatoms. The van der Waals surface area contributed by atoms with Gasteiger partial charge in [-0.2, -0.15) is 0 Å². The highest BCUT2D eigenvalue weighted by atomic mass is 16.2. The fourth-order valence-electron chi connectivity index (χ4n) is 2.89. The summed E-state index contributed by atoms with van der Waals surface area (Å²) in [6.07, 6.45) is 2.77. The second-order valence-corrected chi connectivity index (χ2v) is 5.83. The smallest absolute Gasteiger partial charge is 0.227 e. The highest BCUT2D eigenvalue weighted by Crippen LogP contribution is 2.18. The summed E-state index contributed by atoms with van der Waals surface area (Å²) in [7, 11) is 0. The molecule has 0 aromatic heterocycles. The van der Waals surface area contributed by atoms with Crippen molar-refractivity contribution in [1.82, 2.24) is 10.2 Å². The van der Waals surface area contributed by atoms with Crippen LogP contribution >= 0.6 is 0 Å². The second kappa shape index (κ2) is 7.44. The Morgan fingerprint density at radius 3 is 2.75 bits per heavy atom. The normalized spacial score (nSPS) is 22.8. The molecule has 0 radical (unpaired) electrons. The molecule has 3 nitrogen and oxygen atoms in total. The monoisotopic (exact) mass is 274 g/mol. The van der Waals surface area contributed by atoms with Crippen molar-refractivity contribution in [2.24, 2.45) is 5.92 Å².